The molecule has 1 unspecified atom stereocenters. The van der Waals surface area contributed by atoms with Gasteiger partial charge in [0.05, 0.1) is 6.04 Å². The van der Waals surface area contributed by atoms with Crippen LogP contribution in [0.25, 0.3) is 0 Å². The molecule has 0 spiro atoms. The van der Waals surface area contributed by atoms with E-state index in [0.29, 0.717) is 17.8 Å². The van der Waals surface area contributed by atoms with E-state index in [9.17, 15) is 0 Å². The lowest BCUT2D eigenvalue weighted by atomic mass is 10.0. The molecule has 3 nitrogen and oxygen atoms in total. The molecule has 0 bridgehead atoms. The second-order valence-electron chi connectivity index (χ2n) is 3.84. The number of H-pyrrole nitrogens is 1. The number of hydrogen-bond acceptors (Lipinski definition) is 2. The SMILES string of the molecule is CCC(N=Cc1cc[nH]c1N)C(C)C. The predicted octanol–water partition coefficient (Wildman–Crippen LogP) is 2.45. The largest absolute Gasteiger partial charge is 0.385 e. The van der Waals surface area contributed by atoms with Crippen LogP contribution in [-0.2, 0) is 0 Å². The summed E-state index contributed by atoms with van der Waals surface area (Å²) in [6.45, 7) is 6.53. The van der Waals surface area contributed by atoms with Gasteiger partial charge in [-0.25, -0.2) is 0 Å². The van der Waals surface area contributed by atoms with E-state index < -0.39 is 0 Å². The van der Waals surface area contributed by atoms with Gasteiger partial charge in [0.1, 0.15) is 5.82 Å². The molecule has 1 aromatic rings. The Hall–Kier alpha value is -1.25. The van der Waals surface area contributed by atoms with Gasteiger partial charge in [-0.1, -0.05) is 20.8 Å². The molecular weight excluding hydrogens is 174 g/mol. The highest BCUT2D eigenvalue weighted by atomic mass is 14.8. The van der Waals surface area contributed by atoms with Gasteiger partial charge in [0, 0.05) is 18.0 Å². The van der Waals surface area contributed by atoms with E-state index in [-0.39, 0.29) is 0 Å². The normalized spacial score (nSPS) is 14.0. The molecule has 1 rings (SSSR count). The highest BCUT2D eigenvalue weighted by Gasteiger charge is 2.07. The lowest BCUT2D eigenvalue weighted by molar-refractivity contribution is 0.485. The number of aromatic amines is 1. The van der Waals surface area contributed by atoms with Crippen molar-refractivity contribution in [2.75, 3.05) is 5.73 Å². The van der Waals surface area contributed by atoms with Crippen LogP contribution in [0.15, 0.2) is 17.3 Å². The van der Waals surface area contributed by atoms with Crippen LogP contribution in [0.3, 0.4) is 0 Å². The Kier molecular flexibility index (Phi) is 3.74. The van der Waals surface area contributed by atoms with Crippen molar-refractivity contribution in [2.24, 2.45) is 10.9 Å². The topological polar surface area (TPSA) is 54.2 Å². The van der Waals surface area contributed by atoms with E-state index in [0.717, 1.165) is 12.0 Å². The van der Waals surface area contributed by atoms with Gasteiger partial charge in [0.25, 0.3) is 0 Å². The van der Waals surface area contributed by atoms with Crippen molar-refractivity contribution in [3.8, 4) is 0 Å². The minimum atomic E-state index is 0.393. The number of anilines is 1. The second kappa shape index (κ2) is 4.84. The minimum absolute atomic E-state index is 0.393. The molecule has 0 fully saturated rings. The Balaban J connectivity index is 2.67. The highest BCUT2D eigenvalue weighted by molar-refractivity contribution is 5.85. The quantitative estimate of drug-likeness (QED) is 0.709. The van der Waals surface area contributed by atoms with Crippen molar-refractivity contribution >= 4 is 12.0 Å². The number of nitrogens with one attached hydrogen (secondary N) is 1. The molecule has 0 aliphatic heterocycles. The van der Waals surface area contributed by atoms with E-state index in [1.54, 1.807) is 0 Å². The van der Waals surface area contributed by atoms with Crippen LogP contribution in [0.4, 0.5) is 5.82 Å². The Bertz CT molecular complexity index is 299. The fraction of sp³-hybridized carbons (Fsp3) is 0.545. The van der Waals surface area contributed by atoms with Gasteiger partial charge >= 0.3 is 0 Å². The average molecular weight is 193 g/mol. The summed E-state index contributed by atoms with van der Waals surface area (Å²) < 4.78 is 0. The molecule has 14 heavy (non-hydrogen) atoms. The number of rotatable bonds is 4. The number of hydrogen-bond donors (Lipinski definition) is 2. The van der Waals surface area contributed by atoms with Crippen LogP contribution in [0.1, 0.15) is 32.8 Å². The molecule has 0 aliphatic rings. The third-order valence-corrected chi connectivity index (χ3v) is 2.41. The number of aliphatic imine (C=N–C) groups is 1. The van der Waals surface area contributed by atoms with Gasteiger partial charge in [0.15, 0.2) is 0 Å². The zero-order valence-electron chi connectivity index (χ0n) is 9.12. The summed E-state index contributed by atoms with van der Waals surface area (Å²) in [4.78, 5) is 7.45. The lowest BCUT2D eigenvalue weighted by Crippen LogP contribution is -2.11. The number of nitrogens with two attached hydrogens (primary N) is 1. The smallest absolute Gasteiger partial charge is 0.109 e. The fourth-order valence-corrected chi connectivity index (χ4v) is 1.43. The van der Waals surface area contributed by atoms with Crippen molar-refractivity contribution in [3.05, 3.63) is 17.8 Å². The van der Waals surface area contributed by atoms with Crippen LogP contribution in [0.5, 0.6) is 0 Å². The van der Waals surface area contributed by atoms with Gasteiger partial charge < -0.3 is 10.7 Å². The maximum atomic E-state index is 5.70. The van der Waals surface area contributed by atoms with Crippen molar-refractivity contribution in [1.29, 1.82) is 0 Å². The van der Waals surface area contributed by atoms with Crippen LogP contribution >= 0.6 is 0 Å². The molecule has 3 N–H and O–H groups in total. The summed E-state index contributed by atoms with van der Waals surface area (Å²) in [5.74, 6) is 1.27. The number of nitrogen functional groups attached to an aromatic ring is 1. The molecule has 0 aromatic carbocycles. The Labute approximate surface area is 85.4 Å². The van der Waals surface area contributed by atoms with Crippen molar-refractivity contribution in [2.45, 2.75) is 33.2 Å². The molecule has 1 aromatic heterocycles. The molecule has 78 valence electrons. The van der Waals surface area contributed by atoms with E-state index in [1.807, 2.05) is 18.5 Å². The molecule has 0 aliphatic carbocycles. The van der Waals surface area contributed by atoms with Gasteiger partial charge in [0.2, 0.25) is 0 Å². The van der Waals surface area contributed by atoms with E-state index in [1.165, 1.54) is 0 Å². The first-order chi connectivity index (χ1) is 6.65. The van der Waals surface area contributed by atoms with E-state index in [2.05, 4.69) is 30.7 Å². The first-order valence-corrected chi connectivity index (χ1v) is 5.11. The Morgan fingerprint density at radius 1 is 1.57 bits per heavy atom. The predicted molar refractivity (Wildman–Crippen MR) is 61.7 cm³/mol. The lowest BCUT2D eigenvalue weighted by Gasteiger charge is -2.13. The van der Waals surface area contributed by atoms with Gasteiger partial charge in [-0.05, 0) is 18.4 Å². The summed E-state index contributed by atoms with van der Waals surface area (Å²) in [5.41, 5.74) is 6.67. The number of nitrogens with zero attached hydrogens (tertiary/aromatic N) is 1. The monoisotopic (exact) mass is 193 g/mol. The third-order valence-electron chi connectivity index (χ3n) is 2.41. The van der Waals surface area contributed by atoms with Gasteiger partial charge in [-0.15, -0.1) is 0 Å². The van der Waals surface area contributed by atoms with Crippen LogP contribution in [-0.4, -0.2) is 17.2 Å². The molecule has 0 radical (unpaired) electrons. The van der Waals surface area contributed by atoms with Gasteiger partial charge in [-0.3, -0.25) is 4.99 Å². The minimum Gasteiger partial charge on any atom is -0.385 e. The first-order valence-electron chi connectivity index (χ1n) is 5.11. The zero-order valence-corrected chi connectivity index (χ0v) is 9.12. The highest BCUT2D eigenvalue weighted by Crippen LogP contribution is 2.11. The zero-order chi connectivity index (χ0) is 10.6. The fourth-order valence-electron chi connectivity index (χ4n) is 1.43. The summed E-state index contributed by atoms with van der Waals surface area (Å²) in [6.07, 6.45) is 4.76. The molecule has 1 atom stereocenters. The summed E-state index contributed by atoms with van der Waals surface area (Å²) in [5, 5.41) is 0. The van der Waals surface area contributed by atoms with Crippen LogP contribution in [0, 0.1) is 5.92 Å². The third kappa shape index (κ3) is 2.62. The van der Waals surface area contributed by atoms with Gasteiger partial charge in [-0.2, -0.15) is 0 Å². The summed E-state index contributed by atoms with van der Waals surface area (Å²) >= 11 is 0. The summed E-state index contributed by atoms with van der Waals surface area (Å²) in [7, 11) is 0. The van der Waals surface area contributed by atoms with Crippen molar-refractivity contribution < 1.29 is 0 Å². The molecule has 1 heterocycles. The van der Waals surface area contributed by atoms with Crippen LogP contribution in [0.2, 0.25) is 0 Å². The molecule has 0 saturated carbocycles. The molecule has 0 amide bonds. The maximum Gasteiger partial charge on any atom is 0.109 e. The van der Waals surface area contributed by atoms with Crippen molar-refractivity contribution in [1.82, 2.24) is 4.98 Å². The standard InChI is InChI=1S/C11H19N3/c1-4-10(8(2)3)14-7-9-5-6-13-11(9)12/h5-8,10,13H,4,12H2,1-3H3. The molecular formula is C11H19N3. The number of aromatic nitrogens is 1. The summed E-state index contributed by atoms with van der Waals surface area (Å²) in [6, 6.07) is 2.33. The van der Waals surface area contributed by atoms with Crippen molar-refractivity contribution in [3.63, 3.8) is 0 Å². The Morgan fingerprint density at radius 2 is 2.29 bits per heavy atom. The first kappa shape index (κ1) is 10.8. The van der Waals surface area contributed by atoms with E-state index >= 15 is 0 Å². The molecule has 3 heteroatoms. The Morgan fingerprint density at radius 3 is 2.71 bits per heavy atom. The molecule has 0 saturated heterocycles. The van der Waals surface area contributed by atoms with E-state index in [4.69, 9.17) is 5.73 Å². The second-order valence-corrected chi connectivity index (χ2v) is 3.84. The average Bonchev–Trinajstić information content (AvgIpc) is 2.52. The maximum absolute atomic E-state index is 5.70. The van der Waals surface area contributed by atoms with Crippen LogP contribution < -0.4 is 5.73 Å².